The van der Waals surface area contributed by atoms with Crippen LogP contribution >= 0.6 is 0 Å². The summed E-state index contributed by atoms with van der Waals surface area (Å²) in [6, 6.07) is 12.8. The van der Waals surface area contributed by atoms with Gasteiger partial charge in [-0.05, 0) is 42.8 Å². The molecule has 2 aromatic rings. The topological polar surface area (TPSA) is 81.9 Å². The van der Waals surface area contributed by atoms with Crippen LogP contribution in [0.25, 0.3) is 0 Å². The number of benzene rings is 2. The van der Waals surface area contributed by atoms with E-state index in [4.69, 9.17) is 5.73 Å². The number of nitrogens with two attached hydrogens (primary N) is 1. The highest BCUT2D eigenvalue weighted by atomic mass is 16.2. The van der Waals surface area contributed by atoms with Crippen molar-refractivity contribution in [1.29, 1.82) is 0 Å². The molecule has 0 unspecified atom stereocenters. The number of hydrogen-bond donors (Lipinski definition) is 2. The van der Waals surface area contributed by atoms with Gasteiger partial charge in [0, 0.05) is 37.3 Å². The van der Waals surface area contributed by atoms with Crippen LogP contribution in [0.15, 0.2) is 53.9 Å². The summed E-state index contributed by atoms with van der Waals surface area (Å²) < 4.78 is 0. The average molecular weight is 377 g/mol. The SMILES string of the molecule is Cc1cc(C(=O)N2CC3=C(Nc4ccccc42)N(C)N(C)C3)ccc1C(N)=O. The maximum atomic E-state index is 13.4. The highest BCUT2D eigenvalue weighted by Crippen LogP contribution is 2.35. The van der Waals surface area contributed by atoms with Gasteiger partial charge >= 0.3 is 0 Å². The molecule has 0 saturated heterocycles. The Morgan fingerprint density at radius 1 is 1.07 bits per heavy atom. The molecule has 2 aliphatic heterocycles. The van der Waals surface area contributed by atoms with Crippen molar-refractivity contribution in [3.05, 3.63) is 70.5 Å². The van der Waals surface area contributed by atoms with Crippen LogP contribution in [0.3, 0.4) is 0 Å². The Labute approximate surface area is 164 Å². The number of nitrogens with zero attached hydrogens (tertiary/aromatic N) is 3. The van der Waals surface area contributed by atoms with E-state index in [1.807, 2.05) is 38.4 Å². The van der Waals surface area contributed by atoms with E-state index >= 15 is 0 Å². The number of amides is 2. The molecule has 144 valence electrons. The van der Waals surface area contributed by atoms with Crippen LogP contribution in [-0.2, 0) is 0 Å². The molecule has 2 amide bonds. The molecular weight excluding hydrogens is 354 g/mol. The highest BCUT2D eigenvalue weighted by Gasteiger charge is 2.32. The summed E-state index contributed by atoms with van der Waals surface area (Å²) in [5.74, 6) is 0.400. The van der Waals surface area contributed by atoms with E-state index in [1.54, 1.807) is 30.0 Å². The third-order valence-electron chi connectivity index (χ3n) is 5.37. The summed E-state index contributed by atoms with van der Waals surface area (Å²) >= 11 is 0. The first-order valence-electron chi connectivity index (χ1n) is 9.12. The van der Waals surface area contributed by atoms with E-state index in [1.165, 1.54) is 0 Å². The van der Waals surface area contributed by atoms with Gasteiger partial charge in [0.15, 0.2) is 0 Å². The lowest BCUT2D eigenvalue weighted by Gasteiger charge is -2.27. The van der Waals surface area contributed by atoms with E-state index in [0.717, 1.165) is 29.3 Å². The van der Waals surface area contributed by atoms with Crippen molar-refractivity contribution in [3.63, 3.8) is 0 Å². The fourth-order valence-corrected chi connectivity index (χ4v) is 3.78. The number of likely N-dealkylation sites (N-methyl/N-ethyl adjacent to an activating group) is 1. The number of carbonyl (C=O) groups is 2. The molecule has 28 heavy (non-hydrogen) atoms. The Bertz CT molecular complexity index is 1010. The van der Waals surface area contributed by atoms with E-state index < -0.39 is 5.91 Å². The minimum absolute atomic E-state index is 0.112. The Balaban J connectivity index is 1.76. The largest absolute Gasteiger partial charge is 0.366 e. The lowest BCUT2D eigenvalue weighted by atomic mass is 10.0. The van der Waals surface area contributed by atoms with Gasteiger partial charge in [0.2, 0.25) is 5.91 Å². The minimum atomic E-state index is -0.493. The van der Waals surface area contributed by atoms with Crippen LogP contribution in [0, 0.1) is 6.92 Å². The average Bonchev–Trinajstić information content (AvgIpc) is 2.84. The summed E-state index contributed by atoms with van der Waals surface area (Å²) in [6.45, 7) is 3.02. The Morgan fingerprint density at radius 3 is 2.54 bits per heavy atom. The molecule has 4 rings (SSSR count). The second-order valence-electron chi connectivity index (χ2n) is 7.22. The molecule has 0 saturated carbocycles. The molecule has 0 spiro atoms. The van der Waals surface area contributed by atoms with Gasteiger partial charge in [0.05, 0.1) is 17.9 Å². The quantitative estimate of drug-likeness (QED) is 0.838. The first-order valence-corrected chi connectivity index (χ1v) is 9.12. The Kier molecular flexibility index (Phi) is 4.31. The van der Waals surface area contributed by atoms with E-state index in [-0.39, 0.29) is 5.91 Å². The number of hydrazine groups is 1. The number of para-hydroxylation sites is 2. The fourth-order valence-electron chi connectivity index (χ4n) is 3.78. The van der Waals surface area contributed by atoms with Gasteiger partial charge in [-0.2, -0.15) is 0 Å². The van der Waals surface area contributed by atoms with Crippen molar-refractivity contribution in [2.75, 3.05) is 37.4 Å². The van der Waals surface area contributed by atoms with Crippen LogP contribution < -0.4 is 16.0 Å². The van der Waals surface area contributed by atoms with Crippen LogP contribution in [-0.4, -0.2) is 49.0 Å². The van der Waals surface area contributed by atoms with Crippen molar-refractivity contribution < 1.29 is 9.59 Å². The van der Waals surface area contributed by atoms with Gasteiger partial charge in [-0.1, -0.05) is 12.1 Å². The second kappa shape index (κ2) is 6.69. The van der Waals surface area contributed by atoms with Crippen LogP contribution in [0.2, 0.25) is 0 Å². The third kappa shape index (κ3) is 2.90. The van der Waals surface area contributed by atoms with Crippen molar-refractivity contribution in [2.45, 2.75) is 6.92 Å². The molecule has 3 N–H and O–H groups in total. The highest BCUT2D eigenvalue weighted by molar-refractivity contribution is 6.09. The maximum absolute atomic E-state index is 13.4. The van der Waals surface area contributed by atoms with Gasteiger partial charge < -0.3 is 16.0 Å². The number of hydrogen-bond acceptors (Lipinski definition) is 5. The van der Waals surface area contributed by atoms with E-state index in [0.29, 0.717) is 23.2 Å². The number of nitrogens with one attached hydrogen (secondary N) is 1. The summed E-state index contributed by atoms with van der Waals surface area (Å²) in [7, 11) is 4.02. The molecular formula is C21H23N5O2. The van der Waals surface area contributed by atoms with Crippen molar-refractivity contribution in [3.8, 4) is 0 Å². The van der Waals surface area contributed by atoms with E-state index in [2.05, 4.69) is 15.3 Å². The molecule has 0 aromatic heterocycles. The summed E-state index contributed by atoms with van der Waals surface area (Å²) in [4.78, 5) is 26.7. The predicted octanol–water partition coefficient (Wildman–Crippen LogP) is 2.17. The third-order valence-corrected chi connectivity index (χ3v) is 5.37. The van der Waals surface area contributed by atoms with Crippen LogP contribution in [0.1, 0.15) is 26.3 Å². The molecule has 7 nitrogen and oxygen atoms in total. The van der Waals surface area contributed by atoms with Gasteiger partial charge in [-0.25, -0.2) is 5.01 Å². The fraction of sp³-hybridized carbons (Fsp3) is 0.238. The van der Waals surface area contributed by atoms with Gasteiger partial charge in [-0.3, -0.25) is 14.6 Å². The zero-order chi connectivity index (χ0) is 20.0. The standard InChI is InChI=1S/C21H23N5O2/c1-13-10-14(8-9-16(13)19(22)27)21(28)26-12-15-11-24(2)25(3)20(15)23-17-6-4-5-7-18(17)26/h4-10,23H,11-12H2,1-3H3,(H2,22,27). The number of aryl methyl sites for hydroxylation is 1. The lowest BCUT2D eigenvalue weighted by molar-refractivity contribution is 0.0978. The monoisotopic (exact) mass is 377 g/mol. The summed E-state index contributed by atoms with van der Waals surface area (Å²) in [5.41, 5.74) is 9.90. The first kappa shape index (κ1) is 18.1. The summed E-state index contributed by atoms with van der Waals surface area (Å²) in [6.07, 6.45) is 0. The normalized spacial score (nSPS) is 16.4. The molecule has 2 aromatic carbocycles. The van der Waals surface area contributed by atoms with Crippen molar-refractivity contribution in [1.82, 2.24) is 10.0 Å². The van der Waals surface area contributed by atoms with Crippen LogP contribution in [0.5, 0.6) is 0 Å². The molecule has 2 heterocycles. The Morgan fingerprint density at radius 2 is 1.82 bits per heavy atom. The molecule has 0 atom stereocenters. The van der Waals surface area contributed by atoms with Crippen molar-refractivity contribution >= 4 is 23.2 Å². The lowest BCUT2D eigenvalue weighted by Crippen LogP contribution is -2.35. The number of rotatable bonds is 2. The zero-order valence-electron chi connectivity index (χ0n) is 16.2. The zero-order valence-corrected chi connectivity index (χ0v) is 16.2. The Hall–Kier alpha value is -3.32. The second-order valence-corrected chi connectivity index (χ2v) is 7.22. The molecule has 0 radical (unpaired) electrons. The van der Waals surface area contributed by atoms with Gasteiger partial charge in [0.1, 0.15) is 5.82 Å². The molecule has 0 bridgehead atoms. The first-order chi connectivity index (χ1) is 13.4. The minimum Gasteiger partial charge on any atom is -0.366 e. The number of carbonyl (C=O) groups excluding carboxylic acids is 2. The number of anilines is 2. The molecule has 0 aliphatic carbocycles. The number of primary amides is 1. The molecule has 0 fully saturated rings. The summed E-state index contributed by atoms with van der Waals surface area (Å²) in [5, 5.41) is 7.64. The number of fused-ring (bicyclic) bond motifs is 1. The van der Waals surface area contributed by atoms with Crippen molar-refractivity contribution in [2.24, 2.45) is 5.73 Å². The molecule has 2 aliphatic rings. The van der Waals surface area contributed by atoms with Gasteiger partial charge in [0.25, 0.3) is 5.91 Å². The van der Waals surface area contributed by atoms with Crippen LogP contribution in [0.4, 0.5) is 11.4 Å². The molecule has 7 heteroatoms. The van der Waals surface area contributed by atoms with Gasteiger partial charge in [-0.15, -0.1) is 0 Å². The predicted molar refractivity (Wildman–Crippen MR) is 109 cm³/mol. The van der Waals surface area contributed by atoms with E-state index in [9.17, 15) is 9.59 Å². The smallest absolute Gasteiger partial charge is 0.258 e. The maximum Gasteiger partial charge on any atom is 0.258 e.